The summed E-state index contributed by atoms with van der Waals surface area (Å²) in [5.74, 6) is -1.02. The van der Waals surface area contributed by atoms with Gasteiger partial charge >= 0.3 is 5.97 Å². The first-order valence-electron chi connectivity index (χ1n) is 7.85. The summed E-state index contributed by atoms with van der Waals surface area (Å²) in [5.41, 5.74) is 0.863. The number of hydrogen-bond donors (Lipinski definition) is 2. The molecule has 0 amide bonds. The minimum Gasteiger partial charge on any atom is -0.481 e. The lowest BCUT2D eigenvalue weighted by atomic mass is 10.2. The van der Waals surface area contributed by atoms with Gasteiger partial charge in [-0.05, 0) is 36.4 Å². The van der Waals surface area contributed by atoms with Crippen molar-refractivity contribution in [1.29, 1.82) is 0 Å². The van der Waals surface area contributed by atoms with Crippen molar-refractivity contribution in [1.82, 2.24) is 14.8 Å². The number of sulfonamides is 1. The van der Waals surface area contributed by atoms with Gasteiger partial charge in [-0.2, -0.15) is 0 Å². The van der Waals surface area contributed by atoms with Crippen LogP contribution in [0.5, 0.6) is 0 Å². The molecule has 150 valence electrons. The summed E-state index contributed by atoms with van der Waals surface area (Å²) in [6.45, 7) is 0. The quantitative estimate of drug-likeness (QED) is 0.318. The van der Waals surface area contributed by atoms with E-state index in [1.807, 2.05) is 0 Å². The SMILES string of the molecule is NS(=O)(=O)c1ccc(-n2c(SCC(=O)O)nnc2-c2ccc([N+](=O)[O-])cc2)cc1. The fourth-order valence-electron chi connectivity index (χ4n) is 2.43. The van der Waals surface area contributed by atoms with Crippen LogP contribution in [0.4, 0.5) is 5.69 Å². The van der Waals surface area contributed by atoms with Crippen LogP contribution in [0, 0.1) is 10.1 Å². The smallest absolute Gasteiger partial charge is 0.313 e. The topological polar surface area (TPSA) is 171 Å². The average Bonchev–Trinajstić information content (AvgIpc) is 3.09. The summed E-state index contributed by atoms with van der Waals surface area (Å²) >= 11 is 0.922. The summed E-state index contributed by atoms with van der Waals surface area (Å²) in [6, 6.07) is 11.1. The maximum absolute atomic E-state index is 11.5. The van der Waals surface area contributed by atoms with Crippen LogP contribution in [0.15, 0.2) is 58.6 Å². The van der Waals surface area contributed by atoms with Crippen LogP contribution in [0.1, 0.15) is 0 Å². The van der Waals surface area contributed by atoms with E-state index in [-0.39, 0.29) is 21.5 Å². The first kappa shape index (κ1) is 20.4. The zero-order chi connectivity index (χ0) is 21.2. The third-order valence-corrected chi connectivity index (χ3v) is 5.56. The second-order valence-corrected chi connectivity index (χ2v) is 8.17. The third-order valence-electron chi connectivity index (χ3n) is 3.72. The van der Waals surface area contributed by atoms with Crippen molar-refractivity contribution < 1.29 is 23.2 Å². The molecule has 0 aliphatic heterocycles. The number of rotatable bonds is 7. The largest absolute Gasteiger partial charge is 0.481 e. The molecule has 0 aliphatic carbocycles. The number of nitrogens with zero attached hydrogens (tertiary/aromatic N) is 4. The molecule has 29 heavy (non-hydrogen) atoms. The van der Waals surface area contributed by atoms with Crippen LogP contribution >= 0.6 is 11.8 Å². The first-order valence-corrected chi connectivity index (χ1v) is 10.4. The zero-order valence-electron chi connectivity index (χ0n) is 14.5. The Morgan fingerprint density at radius 3 is 2.28 bits per heavy atom. The molecule has 0 spiro atoms. The molecule has 2 aromatic carbocycles. The first-order chi connectivity index (χ1) is 13.7. The van der Waals surface area contributed by atoms with E-state index in [1.165, 1.54) is 53.1 Å². The number of carboxylic acids is 1. The molecule has 3 aromatic rings. The van der Waals surface area contributed by atoms with E-state index in [0.29, 0.717) is 17.1 Å². The molecule has 0 radical (unpaired) electrons. The van der Waals surface area contributed by atoms with Crippen LogP contribution in [0.2, 0.25) is 0 Å². The van der Waals surface area contributed by atoms with Crippen molar-refractivity contribution in [2.75, 3.05) is 5.75 Å². The van der Waals surface area contributed by atoms with Crippen molar-refractivity contribution in [3.63, 3.8) is 0 Å². The lowest BCUT2D eigenvalue weighted by Gasteiger charge is -2.10. The van der Waals surface area contributed by atoms with E-state index in [4.69, 9.17) is 10.2 Å². The van der Waals surface area contributed by atoms with E-state index >= 15 is 0 Å². The Kier molecular flexibility index (Phi) is 5.63. The number of aromatic nitrogens is 3. The number of non-ortho nitro benzene ring substituents is 1. The lowest BCUT2D eigenvalue weighted by Crippen LogP contribution is -2.12. The predicted molar refractivity (Wildman–Crippen MR) is 103 cm³/mol. The van der Waals surface area contributed by atoms with Crippen LogP contribution in [-0.4, -0.2) is 44.9 Å². The van der Waals surface area contributed by atoms with Gasteiger partial charge in [0, 0.05) is 23.4 Å². The van der Waals surface area contributed by atoms with Crippen molar-refractivity contribution in [3.8, 4) is 17.1 Å². The summed E-state index contributed by atoms with van der Waals surface area (Å²) in [7, 11) is -3.88. The van der Waals surface area contributed by atoms with Gasteiger partial charge in [0.2, 0.25) is 10.0 Å². The van der Waals surface area contributed by atoms with Gasteiger partial charge in [-0.25, -0.2) is 13.6 Å². The Morgan fingerprint density at radius 2 is 1.76 bits per heavy atom. The Morgan fingerprint density at radius 1 is 1.14 bits per heavy atom. The Hall–Kier alpha value is -3.29. The molecule has 0 saturated carbocycles. The van der Waals surface area contributed by atoms with Crippen molar-refractivity contribution in [3.05, 3.63) is 58.6 Å². The summed E-state index contributed by atoms with van der Waals surface area (Å²) in [4.78, 5) is 21.2. The Balaban J connectivity index is 2.10. The molecule has 0 atom stereocenters. The minimum atomic E-state index is -3.88. The number of carbonyl (C=O) groups is 1. The highest BCUT2D eigenvalue weighted by Crippen LogP contribution is 2.29. The van der Waals surface area contributed by atoms with Crippen molar-refractivity contribution in [2.45, 2.75) is 10.1 Å². The van der Waals surface area contributed by atoms with E-state index in [2.05, 4.69) is 10.2 Å². The van der Waals surface area contributed by atoms with Crippen LogP contribution in [0.25, 0.3) is 17.1 Å². The van der Waals surface area contributed by atoms with Crippen LogP contribution in [0.3, 0.4) is 0 Å². The molecular weight excluding hydrogens is 422 g/mol. The Bertz CT molecular complexity index is 1170. The Labute approximate surface area is 168 Å². The number of thioether (sulfide) groups is 1. The highest BCUT2D eigenvalue weighted by Gasteiger charge is 2.19. The van der Waals surface area contributed by atoms with Crippen molar-refractivity contribution in [2.24, 2.45) is 5.14 Å². The molecule has 0 aliphatic rings. The second kappa shape index (κ2) is 7.98. The number of nitro benzene ring substituents is 1. The number of carboxylic acid groups (broad SMARTS) is 1. The van der Waals surface area contributed by atoms with Gasteiger partial charge in [0.15, 0.2) is 11.0 Å². The van der Waals surface area contributed by atoms with Gasteiger partial charge < -0.3 is 5.11 Å². The molecule has 1 heterocycles. The van der Waals surface area contributed by atoms with E-state index in [9.17, 15) is 23.3 Å². The normalized spacial score (nSPS) is 11.3. The molecule has 13 heteroatoms. The maximum Gasteiger partial charge on any atom is 0.313 e. The monoisotopic (exact) mass is 435 g/mol. The lowest BCUT2D eigenvalue weighted by molar-refractivity contribution is -0.384. The van der Waals surface area contributed by atoms with E-state index < -0.39 is 20.9 Å². The highest BCUT2D eigenvalue weighted by molar-refractivity contribution is 7.99. The van der Waals surface area contributed by atoms with Crippen LogP contribution in [-0.2, 0) is 14.8 Å². The van der Waals surface area contributed by atoms with E-state index in [1.54, 1.807) is 0 Å². The molecule has 3 N–H and O–H groups in total. The summed E-state index contributed by atoms with van der Waals surface area (Å²) in [5, 5.41) is 33.2. The molecule has 0 bridgehead atoms. The van der Waals surface area contributed by atoms with E-state index in [0.717, 1.165) is 11.8 Å². The minimum absolute atomic E-state index is 0.0917. The molecule has 1 aromatic heterocycles. The number of aliphatic carboxylic acids is 1. The fraction of sp³-hybridized carbons (Fsp3) is 0.0625. The summed E-state index contributed by atoms with van der Waals surface area (Å²) < 4.78 is 24.5. The number of nitrogens with two attached hydrogens (primary N) is 1. The molecule has 0 saturated heterocycles. The highest BCUT2D eigenvalue weighted by atomic mass is 32.2. The van der Waals surface area contributed by atoms with Gasteiger partial charge in [0.25, 0.3) is 5.69 Å². The maximum atomic E-state index is 11.5. The number of hydrogen-bond acceptors (Lipinski definition) is 8. The number of nitro groups is 1. The standard InChI is InChI=1S/C16H13N5O6S2/c17-29(26,27)13-7-5-11(6-8-13)20-15(18-19-16(20)28-9-14(22)23)10-1-3-12(4-2-10)21(24)25/h1-8H,9H2,(H,22,23)(H2,17,26,27). The predicted octanol–water partition coefficient (Wildman–Crippen LogP) is 1.67. The molecular formula is C16H13N5O6S2. The van der Waals surface area contributed by atoms with Gasteiger partial charge in [-0.1, -0.05) is 11.8 Å². The zero-order valence-corrected chi connectivity index (χ0v) is 16.1. The summed E-state index contributed by atoms with van der Waals surface area (Å²) in [6.07, 6.45) is 0. The van der Waals surface area contributed by atoms with Gasteiger partial charge in [-0.3, -0.25) is 19.5 Å². The molecule has 3 rings (SSSR count). The molecule has 0 unspecified atom stereocenters. The second-order valence-electron chi connectivity index (χ2n) is 5.67. The van der Waals surface area contributed by atoms with Crippen molar-refractivity contribution >= 4 is 33.4 Å². The molecule has 11 nitrogen and oxygen atoms in total. The number of primary sulfonamides is 1. The number of benzene rings is 2. The van der Waals surface area contributed by atoms with Gasteiger partial charge in [-0.15, -0.1) is 10.2 Å². The van der Waals surface area contributed by atoms with Gasteiger partial charge in [0.1, 0.15) is 0 Å². The van der Waals surface area contributed by atoms with Gasteiger partial charge in [0.05, 0.1) is 15.6 Å². The average molecular weight is 435 g/mol. The van der Waals surface area contributed by atoms with Crippen LogP contribution < -0.4 is 5.14 Å². The molecule has 0 fully saturated rings. The third kappa shape index (κ3) is 4.59. The fourth-order valence-corrected chi connectivity index (χ4v) is 3.61.